The molecule has 0 unspecified atom stereocenters. The predicted molar refractivity (Wildman–Crippen MR) is 141 cm³/mol. The quantitative estimate of drug-likeness (QED) is 0.279. The summed E-state index contributed by atoms with van der Waals surface area (Å²) in [5.74, 6) is 4.65. The standard InChI is InChI=1S/C32H20O4/c33-31(34)26-14-10-22(11-15-26)28-18-21(8-9-25-6-3-5-24-4-1-2-7-30(24)25)19-29(20-28)23-12-16-27(17-13-23)32(35)36/h1-7,10-20H,(H,33,34)(H,35,36). The number of aromatic carboxylic acids is 2. The number of fused-ring (bicyclic) bond motifs is 1. The van der Waals surface area contributed by atoms with Crippen molar-refractivity contribution in [1.29, 1.82) is 0 Å². The molecule has 0 spiro atoms. The molecule has 4 nitrogen and oxygen atoms in total. The van der Waals surface area contributed by atoms with Crippen LogP contribution in [0.1, 0.15) is 31.8 Å². The van der Waals surface area contributed by atoms with Crippen LogP contribution in [0.5, 0.6) is 0 Å². The van der Waals surface area contributed by atoms with Crippen molar-refractivity contribution in [2.75, 3.05) is 0 Å². The van der Waals surface area contributed by atoms with Crippen LogP contribution in [0.25, 0.3) is 33.0 Å². The Morgan fingerprint density at radius 2 is 1.06 bits per heavy atom. The molecule has 5 aromatic carbocycles. The molecule has 5 rings (SSSR count). The zero-order valence-corrected chi connectivity index (χ0v) is 19.1. The van der Waals surface area contributed by atoms with Crippen molar-refractivity contribution < 1.29 is 19.8 Å². The number of carbonyl (C=O) groups is 2. The van der Waals surface area contributed by atoms with Crippen molar-refractivity contribution >= 4 is 22.7 Å². The van der Waals surface area contributed by atoms with Gasteiger partial charge in [0.15, 0.2) is 0 Å². The monoisotopic (exact) mass is 468 g/mol. The third-order valence-corrected chi connectivity index (χ3v) is 5.99. The molecule has 0 aliphatic heterocycles. The van der Waals surface area contributed by atoms with E-state index in [4.69, 9.17) is 0 Å². The fourth-order valence-corrected chi connectivity index (χ4v) is 4.12. The minimum absolute atomic E-state index is 0.218. The van der Waals surface area contributed by atoms with E-state index in [1.54, 1.807) is 48.5 Å². The van der Waals surface area contributed by atoms with E-state index < -0.39 is 11.9 Å². The lowest BCUT2D eigenvalue weighted by Crippen LogP contribution is -1.95. The second-order valence-corrected chi connectivity index (χ2v) is 8.34. The molecule has 172 valence electrons. The Bertz CT molecular complexity index is 1590. The van der Waals surface area contributed by atoms with Crippen LogP contribution in [0.3, 0.4) is 0 Å². The number of carboxylic acids is 2. The molecule has 0 aromatic heterocycles. The first-order chi connectivity index (χ1) is 17.5. The van der Waals surface area contributed by atoms with Gasteiger partial charge in [-0.2, -0.15) is 0 Å². The molecule has 5 aromatic rings. The smallest absolute Gasteiger partial charge is 0.335 e. The molecule has 2 N–H and O–H groups in total. The van der Waals surface area contributed by atoms with Crippen molar-refractivity contribution in [1.82, 2.24) is 0 Å². The Hall–Kier alpha value is -5.14. The van der Waals surface area contributed by atoms with E-state index in [1.165, 1.54) is 0 Å². The first-order valence-corrected chi connectivity index (χ1v) is 11.3. The van der Waals surface area contributed by atoms with Gasteiger partial charge < -0.3 is 10.2 Å². The van der Waals surface area contributed by atoms with Gasteiger partial charge in [-0.25, -0.2) is 9.59 Å². The zero-order valence-electron chi connectivity index (χ0n) is 19.1. The number of carboxylic acid groups (broad SMARTS) is 2. The maximum absolute atomic E-state index is 11.3. The van der Waals surface area contributed by atoms with Crippen LogP contribution < -0.4 is 0 Å². The molecule has 0 heterocycles. The van der Waals surface area contributed by atoms with E-state index in [2.05, 4.69) is 30.0 Å². The van der Waals surface area contributed by atoms with E-state index >= 15 is 0 Å². The summed E-state index contributed by atoms with van der Waals surface area (Å²) in [6.07, 6.45) is 0. The third kappa shape index (κ3) is 4.72. The molecule has 0 radical (unpaired) electrons. The van der Waals surface area contributed by atoms with Crippen LogP contribution in [-0.2, 0) is 0 Å². The maximum Gasteiger partial charge on any atom is 0.335 e. The highest BCUT2D eigenvalue weighted by Crippen LogP contribution is 2.29. The lowest BCUT2D eigenvalue weighted by molar-refractivity contribution is 0.0686. The lowest BCUT2D eigenvalue weighted by Gasteiger charge is -2.09. The Balaban J connectivity index is 1.62. The summed E-state index contributed by atoms with van der Waals surface area (Å²) in [6, 6.07) is 33.5. The van der Waals surface area contributed by atoms with Crippen LogP contribution in [0.4, 0.5) is 0 Å². The Labute approximate surface area is 208 Å². The predicted octanol–water partition coefficient (Wildman–Crippen LogP) is 6.97. The Morgan fingerprint density at radius 1 is 0.528 bits per heavy atom. The van der Waals surface area contributed by atoms with Gasteiger partial charge in [-0.05, 0) is 81.6 Å². The largest absolute Gasteiger partial charge is 0.478 e. The van der Waals surface area contributed by atoms with Gasteiger partial charge in [0.05, 0.1) is 11.1 Å². The summed E-state index contributed by atoms with van der Waals surface area (Å²) in [7, 11) is 0. The lowest BCUT2D eigenvalue weighted by atomic mass is 9.95. The summed E-state index contributed by atoms with van der Waals surface area (Å²) in [4.78, 5) is 22.5. The molecular formula is C32H20O4. The summed E-state index contributed by atoms with van der Waals surface area (Å²) in [6.45, 7) is 0. The highest BCUT2D eigenvalue weighted by Gasteiger charge is 2.09. The van der Waals surface area contributed by atoms with Crippen molar-refractivity contribution in [3.05, 3.63) is 131 Å². The van der Waals surface area contributed by atoms with Gasteiger partial charge in [-0.3, -0.25) is 0 Å². The minimum Gasteiger partial charge on any atom is -0.478 e. The summed E-state index contributed by atoms with van der Waals surface area (Å²) < 4.78 is 0. The van der Waals surface area contributed by atoms with Crippen molar-refractivity contribution in [2.24, 2.45) is 0 Å². The van der Waals surface area contributed by atoms with Crippen LogP contribution in [0.2, 0.25) is 0 Å². The van der Waals surface area contributed by atoms with E-state index in [0.717, 1.165) is 44.2 Å². The van der Waals surface area contributed by atoms with Crippen LogP contribution in [0.15, 0.2) is 109 Å². The normalized spacial score (nSPS) is 10.4. The highest BCUT2D eigenvalue weighted by molar-refractivity contribution is 5.90. The molecular weight excluding hydrogens is 448 g/mol. The number of rotatable bonds is 4. The Kier molecular flexibility index (Phi) is 6.05. The maximum atomic E-state index is 11.3. The summed E-state index contributed by atoms with van der Waals surface area (Å²) in [5, 5.41) is 20.7. The zero-order chi connectivity index (χ0) is 25.1. The number of hydrogen-bond acceptors (Lipinski definition) is 2. The van der Waals surface area contributed by atoms with Gasteiger partial charge in [0.1, 0.15) is 0 Å². The van der Waals surface area contributed by atoms with E-state index in [-0.39, 0.29) is 11.1 Å². The second-order valence-electron chi connectivity index (χ2n) is 8.34. The van der Waals surface area contributed by atoms with Crippen molar-refractivity contribution in [3.63, 3.8) is 0 Å². The third-order valence-electron chi connectivity index (χ3n) is 5.99. The highest BCUT2D eigenvalue weighted by atomic mass is 16.4. The SMILES string of the molecule is O=C(O)c1ccc(-c2cc(C#Cc3cccc4ccccc34)cc(-c3ccc(C(=O)O)cc3)c2)cc1. The first kappa shape index (κ1) is 22.6. The molecule has 0 atom stereocenters. The molecule has 0 saturated carbocycles. The Morgan fingerprint density at radius 3 is 1.61 bits per heavy atom. The number of hydrogen-bond donors (Lipinski definition) is 2. The fraction of sp³-hybridized carbons (Fsp3) is 0. The van der Waals surface area contributed by atoms with E-state index in [0.29, 0.717) is 0 Å². The average molecular weight is 469 g/mol. The van der Waals surface area contributed by atoms with Crippen molar-refractivity contribution in [3.8, 4) is 34.1 Å². The van der Waals surface area contributed by atoms with Gasteiger partial charge in [-0.15, -0.1) is 0 Å². The second kappa shape index (κ2) is 9.61. The first-order valence-electron chi connectivity index (χ1n) is 11.3. The topological polar surface area (TPSA) is 74.6 Å². The molecule has 36 heavy (non-hydrogen) atoms. The van der Waals surface area contributed by atoms with Gasteiger partial charge in [0.2, 0.25) is 0 Å². The molecule has 0 saturated heterocycles. The molecule has 4 heteroatoms. The van der Waals surface area contributed by atoms with Crippen LogP contribution >= 0.6 is 0 Å². The molecule has 0 fully saturated rings. The van der Waals surface area contributed by atoms with Gasteiger partial charge in [-0.1, -0.05) is 72.5 Å². The van der Waals surface area contributed by atoms with Gasteiger partial charge in [0.25, 0.3) is 0 Å². The molecule has 0 bridgehead atoms. The summed E-state index contributed by atoms with van der Waals surface area (Å²) >= 11 is 0. The molecule has 0 aliphatic carbocycles. The molecule has 0 aliphatic rings. The minimum atomic E-state index is -0.976. The van der Waals surface area contributed by atoms with E-state index in [9.17, 15) is 19.8 Å². The van der Waals surface area contributed by atoms with Crippen molar-refractivity contribution in [2.45, 2.75) is 0 Å². The van der Waals surface area contributed by atoms with Crippen LogP contribution in [0, 0.1) is 11.8 Å². The average Bonchev–Trinajstić information content (AvgIpc) is 2.92. The van der Waals surface area contributed by atoms with Crippen LogP contribution in [-0.4, -0.2) is 22.2 Å². The van der Waals surface area contributed by atoms with Gasteiger partial charge >= 0.3 is 11.9 Å². The molecule has 0 amide bonds. The van der Waals surface area contributed by atoms with Gasteiger partial charge in [0, 0.05) is 11.1 Å². The number of benzene rings is 5. The van der Waals surface area contributed by atoms with E-state index in [1.807, 2.05) is 42.5 Å². The summed E-state index contributed by atoms with van der Waals surface area (Å²) in [5.41, 5.74) is 5.64. The fourth-order valence-electron chi connectivity index (χ4n) is 4.12.